The van der Waals surface area contributed by atoms with Crippen LogP contribution in [0.2, 0.25) is 0 Å². The molecule has 0 radical (unpaired) electrons. The van der Waals surface area contributed by atoms with Crippen molar-refractivity contribution in [3.63, 3.8) is 0 Å². The Bertz CT molecular complexity index is 141. The predicted octanol–water partition coefficient (Wildman–Crippen LogP) is 1.80. The Morgan fingerprint density at radius 3 is 1.75 bits per heavy atom. The molecule has 0 aliphatic rings. The normalized spacial score (nSPS) is 18.0. The fraction of sp³-hybridized carbons (Fsp3) is 1.00. The van der Waals surface area contributed by atoms with Crippen LogP contribution in [0.15, 0.2) is 0 Å². The van der Waals surface area contributed by atoms with Crippen molar-refractivity contribution in [1.82, 2.24) is 0 Å². The minimum Gasteiger partial charge on any atom is -0.393 e. The average molecular weight is 174 g/mol. The topological polar surface area (TPSA) is 40.5 Å². The van der Waals surface area contributed by atoms with Crippen molar-refractivity contribution in [3.8, 4) is 0 Å². The maximum absolute atomic E-state index is 10.2. The van der Waals surface area contributed by atoms with Crippen LogP contribution >= 0.6 is 0 Å². The second-order valence-electron chi connectivity index (χ2n) is 4.47. The summed E-state index contributed by atoms with van der Waals surface area (Å²) in [6.07, 6.45) is 0.863. The summed E-state index contributed by atoms with van der Waals surface area (Å²) in [7, 11) is 0. The lowest BCUT2D eigenvalue weighted by Gasteiger charge is -2.44. The van der Waals surface area contributed by atoms with E-state index in [0.717, 1.165) is 6.42 Å². The summed E-state index contributed by atoms with van der Waals surface area (Å²) in [5, 5.41) is 19.3. The Morgan fingerprint density at radius 1 is 1.25 bits per heavy atom. The Kier molecular flexibility index (Phi) is 3.73. The van der Waals surface area contributed by atoms with E-state index >= 15 is 0 Å². The van der Waals surface area contributed by atoms with Gasteiger partial charge in [0.05, 0.1) is 12.2 Å². The maximum Gasteiger partial charge on any atom is 0.0950 e. The highest BCUT2D eigenvalue weighted by Gasteiger charge is 2.44. The van der Waals surface area contributed by atoms with Gasteiger partial charge < -0.3 is 10.2 Å². The van der Waals surface area contributed by atoms with Crippen LogP contribution in [-0.2, 0) is 0 Å². The maximum atomic E-state index is 10.2. The molecule has 0 heterocycles. The van der Waals surface area contributed by atoms with Crippen LogP contribution in [0.3, 0.4) is 0 Å². The summed E-state index contributed by atoms with van der Waals surface area (Å²) in [6.45, 7) is 9.72. The summed E-state index contributed by atoms with van der Waals surface area (Å²) >= 11 is 0. The third-order valence-corrected chi connectivity index (χ3v) is 3.25. The van der Waals surface area contributed by atoms with Gasteiger partial charge in [0.2, 0.25) is 0 Å². The number of hydrogen-bond donors (Lipinski definition) is 2. The van der Waals surface area contributed by atoms with E-state index in [2.05, 4.69) is 0 Å². The molecule has 12 heavy (non-hydrogen) atoms. The zero-order chi connectivity index (χ0) is 9.99. The third kappa shape index (κ3) is 1.80. The number of rotatable bonds is 4. The quantitative estimate of drug-likeness (QED) is 0.682. The fourth-order valence-electron chi connectivity index (χ4n) is 1.48. The molecular formula is C10H22O2. The molecule has 0 bridgehead atoms. The van der Waals surface area contributed by atoms with Gasteiger partial charge in [-0.1, -0.05) is 34.6 Å². The molecule has 0 amide bonds. The summed E-state index contributed by atoms with van der Waals surface area (Å²) in [4.78, 5) is 0. The van der Waals surface area contributed by atoms with Gasteiger partial charge in [0, 0.05) is 0 Å². The van der Waals surface area contributed by atoms with E-state index in [9.17, 15) is 10.2 Å². The van der Waals surface area contributed by atoms with E-state index in [0.29, 0.717) is 0 Å². The highest BCUT2D eigenvalue weighted by Crippen LogP contribution is 2.38. The van der Waals surface area contributed by atoms with Gasteiger partial charge in [0.15, 0.2) is 0 Å². The zero-order valence-corrected chi connectivity index (χ0v) is 8.89. The van der Waals surface area contributed by atoms with Gasteiger partial charge in [-0.3, -0.25) is 0 Å². The molecule has 0 rings (SSSR count). The molecule has 0 unspecified atom stereocenters. The molecule has 2 N–H and O–H groups in total. The molecule has 74 valence electrons. The van der Waals surface area contributed by atoms with E-state index < -0.39 is 5.60 Å². The number of aliphatic hydroxyl groups is 2. The Morgan fingerprint density at radius 2 is 1.67 bits per heavy atom. The van der Waals surface area contributed by atoms with Crippen molar-refractivity contribution in [3.05, 3.63) is 0 Å². The molecule has 2 nitrogen and oxygen atoms in total. The molecule has 0 aromatic carbocycles. The lowest BCUT2D eigenvalue weighted by Crippen LogP contribution is -2.51. The van der Waals surface area contributed by atoms with Crippen LogP contribution in [0.1, 0.15) is 41.0 Å². The smallest absolute Gasteiger partial charge is 0.0950 e. The lowest BCUT2D eigenvalue weighted by atomic mass is 9.68. The van der Waals surface area contributed by atoms with Crippen LogP contribution in [0.4, 0.5) is 0 Å². The van der Waals surface area contributed by atoms with Crippen molar-refractivity contribution in [2.45, 2.75) is 46.6 Å². The summed E-state index contributed by atoms with van der Waals surface area (Å²) in [6, 6.07) is 0. The van der Waals surface area contributed by atoms with Gasteiger partial charge >= 0.3 is 0 Å². The third-order valence-electron chi connectivity index (χ3n) is 3.25. The molecule has 0 fully saturated rings. The molecule has 0 aliphatic carbocycles. The van der Waals surface area contributed by atoms with Crippen molar-refractivity contribution in [2.24, 2.45) is 11.3 Å². The van der Waals surface area contributed by atoms with Crippen molar-refractivity contribution in [1.29, 1.82) is 0 Å². The summed E-state index contributed by atoms with van der Waals surface area (Å²) in [5.41, 5.74) is -1.18. The Labute approximate surface area is 75.6 Å². The first kappa shape index (κ1) is 11.9. The lowest BCUT2D eigenvalue weighted by molar-refractivity contribution is -0.135. The fourth-order valence-corrected chi connectivity index (χ4v) is 1.48. The molecule has 0 saturated heterocycles. The van der Waals surface area contributed by atoms with Crippen molar-refractivity contribution < 1.29 is 10.2 Å². The first-order valence-corrected chi connectivity index (χ1v) is 4.65. The van der Waals surface area contributed by atoms with Gasteiger partial charge in [-0.15, -0.1) is 0 Å². The average Bonchev–Trinajstić information content (AvgIpc) is 2.02. The second-order valence-corrected chi connectivity index (χ2v) is 4.47. The van der Waals surface area contributed by atoms with Crippen LogP contribution < -0.4 is 0 Å². The molecule has 0 aliphatic heterocycles. The van der Waals surface area contributed by atoms with Crippen LogP contribution in [0.25, 0.3) is 0 Å². The minimum absolute atomic E-state index is 0.0810. The zero-order valence-electron chi connectivity index (χ0n) is 8.89. The number of aliphatic hydroxyl groups excluding tert-OH is 1. The highest BCUT2D eigenvalue weighted by atomic mass is 16.3. The minimum atomic E-state index is -0.957. The first-order valence-electron chi connectivity index (χ1n) is 4.65. The van der Waals surface area contributed by atoms with Crippen molar-refractivity contribution in [2.75, 3.05) is 6.61 Å². The molecular weight excluding hydrogens is 152 g/mol. The van der Waals surface area contributed by atoms with Crippen LogP contribution in [-0.4, -0.2) is 22.4 Å². The van der Waals surface area contributed by atoms with Gasteiger partial charge in [-0.25, -0.2) is 0 Å². The Hall–Kier alpha value is -0.0800. The standard InChI is InChI=1S/C10H22O2/c1-6-9(4,5)10(12,7-11)8(2)3/h8,11-12H,6-7H2,1-5H3/t10-/m0/s1. The molecule has 0 saturated carbocycles. The largest absolute Gasteiger partial charge is 0.393 e. The predicted molar refractivity (Wildman–Crippen MR) is 50.9 cm³/mol. The Balaban J connectivity index is 4.74. The van der Waals surface area contributed by atoms with E-state index in [-0.39, 0.29) is 17.9 Å². The second kappa shape index (κ2) is 3.75. The van der Waals surface area contributed by atoms with Crippen molar-refractivity contribution >= 4 is 0 Å². The van der Waals surface area contributed by atoms with Crippen LogP contribution in [0.5, 0.6) is 0 Å². The van der Waals surface area contributed by atoms with Gasteiger partial charge in [-0.2, -0.15) is 0 Å². The van der Waals surface area contributed by atoms with E-state index in [1.54, 1.807) is 0 Å². The molecule has 1 atom stereocenters. The molecule has 2 heteroatoms. The van der Waals surface area contributed by atoms with Gasteiger partial charge in [0.1, 0.15) is 0 Å². The SMILES string of the molecule is CCC(C)(C)[C@](O)(CO)C(C)C. The van der Waals surface area contributed by atoms with Gasteiger partial charge in [0.25, 0.3) is 0 Å². The van der Waals surface area contributed by atoms with Gasteiger partial charge in [-0.05, 0) is 17.8 Å². The molecule has 0 spiro atoms. The summed E-state index contributed by atoms with van der Waals surface area (Å²) < 4.78 is 0. The first-order chi connectivity index (χ1) is 5.31. The summed E-state index contributed by atoms with van der Waals surface area (Å²) in [5.74, 6) is 0.0810. The highest BCUT2D eigenvalue weighted by molar-refractivity contribution is 4.94. The monoisotopic (exact) mass is 174 g/mol. The van der Waals surface area contributed by atoms with E-state index in [1.165, 1.54) is 0 Å². The molecule has 0 aromatic rings. The van der Waals surface area contributed by atoms with E-state index in [4.69, 9.17) is 0 Å². The van der Waals surface area contributed by atoms with Crippen LogP contribution in [0, 0.1) is 11.3 Å². The number of hydrogen-bond acceptors (Lipinski definition) is 2. The van der Waals surface area contributed by atoms with E-state index in [1.807, 2.05) is 34.6 Å². The molecule has 0 aromatic heterocycles.